The first kappa shape index (κ1) is 19.3. The highest BCUT2D eigenvalue weighted by molar-refractivity contribution is 5.51. The number of anilines is 4. The molecule has 0 bridgehead atoms. The standard InChI is InChI=1S/C19H24N8O/c1-3-27(4-2)19-25-17(22-12-13-28-15-8-6-5-7-9-15)24-18(26-19)23-16-14-20-10-11-21-16/h5-11,14H,3-4,12-13H2,1-2H3,(H2,21,22,23,24,25,26). The van der Waals surface area contributed by atoms with E-state index in [2.05, 4.69) is 54.3 Å². The molecule has 3 aromatic rings. The van der Waals surface area contributed by atoms with Crippen molar-refractivity contribution in [1.82, 2.24) is 24.9 Å². The zero-order chi connectivity index (χ0) is 19.6. The first-order chi connectivity index (χ1) is 13.8. The molecule has 9 heteroatoms. The SMILES string of the molecule is CCN(CC)c1nc(NCCOc2ccccc2)nc(Nc2cnccn2)n1. The summed E-state index contributed by atoms with van der Waals surface area (Å²) in [7, 11) is 0. The Morgan fingerprint density at radius 2 is 1.75 bits per heavy atom. The molecule has 9 nitrogen and oxygen atoms in total. The third-order valence-electron chi connectivity index (χ3n) is 3.87. The van der Waals surface area contributed by atoms with Gasteiger partial charge in [0.25, 0.3) is 0 Å². The van der Waals surface area contributed by atoms with E-state index < -0.39 is 0 Å². The topological polar surface area (TPSA) is 101 Å². The molecule has 0 unspecified atom stereocenters. The molecule has 2 aromatic heterocycles. The molecule has 0 radical (unpaired) electrons. The third-order valence-corrected chi connectivity index (χ3v) is 3.87. The molecular weight excluding hydrogens is 356 g/mol. The maximum atomic E-state index is 5.70. The van der Waals surface area contributed by atoms with E-state index in [1.54, 1.807) is 18.6 Å². The molecule has 0 fully saturated rings. The fourth-order valence-electron chi connectivity index (χ4n) is 2.47. The molecule has 2 heterocycles. The number of hydrogen-bond donors (Lipinski definition) is 2. The van der Waals surface area contributed by atoms with Gasteiger partial charge in [0.15, 0.2) is 5.82 Å². The van der Waals surface area contributed by atoms with Gasteiger partial charge in [0.1, 0.15) is 12.4 Å². The van der Waals surface area contributed by atoms with E-state index in [9.17, 15) is 0 Å². The number of para-hydroxylation sites is 1. The minimum Gasteiger partial charge on any atom is -0.492 e. The van der Waals surface area contributed by atoms with E-state index in [0.29, 0.717) is 36.8 Å². The molecule has 0 aliphatic heterocycles. The molecule has 0 aliphatic rings. The molecule has 0 spiro atoms. The van der Waals surface area contributed by atoms with E-state index in [1.807, 2.05) is 30.3 Å². The number of nitrogens with one attached hydrogen (secondary N) is 2. The van der Waals surface area contributed by atoms with E-state index >= 15 is 0 Å². The second-order valence-corrected chi connectivity index (χ2v) is 5.76. The zero-order valence-corrected chi connectivity index (χ0v) is 16.0. The normalized spacial score (nSPS) is 10.4. The van der Waals surface area contributed by atoms with Gasteiger partial charge in [-0.1, -0.05) is 18.2 Å². The number of nitrogens with zero attached hydrogens (tertiary/aromatic N) is 6. The molecule has 2 N–H and O–H groups in total. The fraction of sp³-hybridized carbons (Fsp3) is 0.316. The van der Waals surface area contributed by atoms with Crippen molar-refractivity contribution in [2.75, 3.05) is 41.8 Å². The molecule has 1 aromatic carbocycles. The Hall–Kier alpha value is -3.49. The average molecular weight is 380 g/mol. The summed E-state index contributed by atoms with van der Waals surface area (Å²) in [4.78, 5) is 23.7. The molecule has 0 aliphatic carbocycles. The monoisotopic (exact) mass is 380 g/mol. The van der Waals surface area contributed by atoms with Gasteiger partial charge in [-0.3, -0.25) is 4.98 Å². The summed E-state index contributed by atoms with van der Waals surface area (Å²) in [6, 6.07) is 9.68. The molecule has 3 rings (SSSR count). The predicted octanol–water partition coefficient (Wildman–Crippen LogP) is 2.74. The van der Waals surface area contributed by atoms with E-state index in [-0.39, 0.29) is 0 Å². The van der Waals surface area contributed by atoms with Crippen LogP contribution in [0.1, 0.15) is 13.8 Å². The van der Waals surface area contributed by atoms with Crippen LogP contribution in [0.5, 0.6) is 5.75 Å². The van der Waals surface area contributed by atoms with Crippen molar-refractivity contribution in [2.45, 2.75) is 13.8 Å². The first-order valence-corrected chi connectivity index (χ1v) is 9.24. The Bertz CT molecular complexity index is 843. The van der Waals surface area contributed by atoms with Crippen LogP contribution in [0.2, 0.25) is 0 Å². The lowest BCUT2D eigenvalue weighted by molar-refractivity contribution is 0.332. The summed E-state index contributed by atoms with van der Waals surface area (Å²) < 4.78 is 5.70. The minimum atomic E-state index is 0.406. The lowest BCUT2D eigenvalue weighted by Gasteiger charge is -2.19. The third kappa shape index (κ3) is 5.50. The maximum Gasteiger partial charge on any atom is 0.235 e. The van der Waals surface area contributed by atoms with Crippen LogP contribution in [-0.2, 0) is 0 Å². The summed E-state index contributed by atoms with van der Waals surface area (Å²) >= 11 is 0. The molecular formula is C19H24N8O. The second-order valence-electron chi connectivity index (χ2n) is 5.76. The number of benzene rings is 1. The summed E-state index contributed by atoms with van der Waals surface area (Å²) in [5, 5.41) is 6.26. The van der Waals surface area contributed by atoms with Crippen LogP contribution in [0.4, 0.5) is 23.7 Å². The van der Waals surface area contributed by atoms with Crippen molar-refractivity contribution < 1.29 is 4.74 Å². The quantitative estimate of drug-likeness (QED) is 0.514. The highest BCUT2D eigenvalue weighted by atomic mass is 16.5. The van der Waals surface area contributed by atoms with Gasteiger partial charge >= 0.3 is 0 Å². The van der Waals surface area contributed by atoms with E-state index in [4.69, 9.17) is 4.74 Å². The van der Waals surface area contributed by atoms with Gasteiger partial charge in [-0.05, 0) is 26.0 Å². The summed E-state index contributed by atoms with van der Waals surface area (Å²) in [6.45, 7) is 6.75. The van der Waals surface area contributed by atoms with Crippen LogP contribution in [0.25, 0.3) is 0 Å². The van der Waals surface area contributed by atoms with Crippen molar-refractivity contribution in [3.8, 4) is 5.75 Å². The van der Waals surface area contributed by atoms with Crippen LogP contribution in [0, 0.1) is 0 Å². The first-order valence-electron chi connectivity index (χ1n) is 9.24. The van der Waals surface area contributed by atoms with Gasteiger partial charge in [0.05, 0.1) is 12.7 Å². The number of hydrogen-bond acceptors (Lipinski definition) is 9. The summed E-state index contributed by atoms with van der Waals surface area (Å²) in [5.41, 5.74) is 0. The van der Waals surface area contributed by atoms with Crippen molar-refractivity contribution in [3.05, 3.63) is 48.9 Å². The van der Waals surface area contributed by atoms with Gasteiger partial charge in [-0.15, -0.1) is 0 Å². The molecule has 0 saturated heterocycles. The molecule has 0 amide bonds. The van der Waals surface area contributed by atoms with Crippen molar-refractivity contribution in [3.63, 3.8) is 0 Å². The lowest BCUT2D eigenvalue weighted by atomic mass is 10.3. The van der Waals surface area contributed by atoms with Gasteiger partial charge in [-0.2, -0.15) is 15.0 Å². The molecule has 0 saturated carbocycles. The smallest absolute Gasteiger partial charge is 0.235 e. The molecule has 0 atom stereocenters. The fourth-order valence-corrected chi connectivity index (χ4v) is 2.47. The second kappa shape index (κ2) is 10.0. The van der Waals surface area contributed by atoms with Crippen LogP contribution < -0.4 is 20.3 Å². The highest BCUT2D eigenvalue weighted by Crippen LogP contribution is 2.16. The Labute approximate surface area is 164 Å². The van der Waals surface area contributed by atoms with Gasteiger partial charge < -0.3 is 20.3 Å². The molecule has 28 heavy (non-hydrogen) atoms. The Morgan fingerprint density at radius 3 is 2.46 bits per heavy atom. The van der Waals surface area contributed by atoms with Crippen LogP contribution in [0.3, 0.4) is 0 Å². The van der Waals surface area contributed by atoms with Gasteiger partial charge in [0, 0.05) is 25.5 Å². The Kier molecular flexibility index (Phi) is 6.89. The summed E-state index contributed by atoms with van der Waals surface area (Å²) in [5.74, 6) is 2.87. The van der Waals surface area contributed by atoms with Crippen molar-refractivity contribution >= 4 is 23.7 Å². The molecule has 146 valence electrons. The maximum absolute atomic E-state index is 5.70. The lowest BCUT2D eigenvalue weighted by Crippen LogP contribution is -2.25. The van der Waals surface area contributed by atoms with Gasteiger partial charge in [-0.25, -0.2) is 4.98 Å². The van der Waals surface area contributed by atoms with Gasteiger partial charge in [0.2, 0.25) is 17.8 Å². The van der Waals surface area contributed by atoms with Crippen molar-refractivity contribution in [1.29, 1.82) is 0 Å². The Balaban J connectivity index is 1.69. The van der Waals surface area contributed by atoms with Crippen LogP contribution in [-0.4, -0.2) is 51.2 Å². The zero-order valence-electron chi connectivity index (χ0n) is 16.0. The number of rotatable bonds is 10. The minimum absolute atomic E-state index is 0.406. The number of ether oxygens (including phenoxy) is 1. The average Bonchev–Trinajstić information content (AvgIpc) is 2.74. The summed E-state index contributed by atoms with van der Waals surface area (Å²) in [6.07, 6.45) is 4.83. The van der Waals surface area contributed by atoms with E-state index in [1.165, 1.54) is 0 Å². The largest absolute Gasteiger partial charge is 0.492 e. The van der Waals surface area contributed by atoms with Crippen molar-refractivity contribution in [2.24, 2.45) is 0 Å². The van der Waals surface area contributed by atoms with Crippen LogP contribution >= 0.6 is 0 Å². The van der Waals surface area contributed by atoms with Crippen LogP contribution in [0.15, 0.2) is 48.9 Å². The Morgan fingerprint density at radius 1 is 0.964 bits per heavy atom. The number of aromatic nitrogens is 5. The highest BCUT2D eigenvalue weighted by Gasteiger charge is 2.11. The predicted molar refractivity (Wildman–Crippen MR) is 109 cm³/mol. The van der Waals surface area contributed by atoms with E-state index in [0.717, 1.165) is 18.8 Å².